The van der Waals surface area contributed by atoms with Crippen LogP contribution in [0.25, 0.3) is 26.1 Å². The molecule has 5 aromatic rings. The number of benzene rings is 1. The minimum absolute atomic E-state index is 0.0113. The predicted molar refractivity (Wildman–Crippen MR) is 136 cm³/mol. The number of para-hydroxylation sites is 1. The number of aromatic nitrogens is 4. The third-order valence-electron chi connectivity index (χ3n) is 5.92. The minimum Gasteiger partial charge on any atom is -0.309 e. The number of H-pyrrole nitrogens is 1. The van der Waals surface area contributed by atoms with Gasteiger partial charge in [-0.2, -0.15) is 0 Å². The molecule has 1 aliphatic rings. The summed E-state index contributed by atoms with van der Waals surface area (Å²) in [7, 11) is 0. The Bertz CT molecular complexity index is 1600. The van der Waals surface area contributed by atoms with E-state index in [-0.39, 0.29) is 11.1 Å². The molecule has 6 rings (SSSR count). The van der Waals surface area contributed by atoms with Gasteiger partial charge >= 0.3 is 0 Å². The molecule has 4 heterocycles. The smallest absolute Gasteiger partial charge is 0.268 e. The van der Waals surface area contributed by atoms with E-state index in [1.54, 1.807) is 15.9 Å². The number of aryl methyl sites for hydroxylation is 2. The van der Waals surface area contributed by atoms with Gasteiger partial charge in [0.25, 0.3) is 11.1 Å². The number of thiophene rings is 2. The van der Waals surface area contributed by atoms with Gasteiger partial charge in [0, 0.05) is 4.88 Å². The Morgan fingerprint density at radius 2 is 1.88 bits per heavy atom. The first-order chi connectivity index (χ1) is 16.2. The van der Waals surface area contributed by atoms with Crippen LogP contribution in [0.15, 0.2) is 56.5 Å². The van der Waals surface area contributed by atoms with Crippen LogP contribution in [-0.2, 0) is 18.6 Å². The number of thioether (sulfide) groups is 1. The van der Waals surface area contributed by atoms with Crippen molar-refractivity contribution < 1.29 is 0 Å². The highest BCUT2D eigenvalue weighted by molar-refractivity contribution is 7.98. The van der Waals surface area contributed by atoms with Crippen molar-refractivity contribution in [2.75, 3.05) is 0 Å². The Balaban J connectivity index is 1.48. The molecule has 166 valence electrons. The summed E-state index contributed by atoms with van der Waals surface area (Å²) in [6.07, 6.45) is 5.45. The topological polar surface area (TPSA) is 80.6 Å². The highest BCUT2D eigenvalue weighted by Crippen LogP contribution is 2.35. The lowest BCUT2D eigenvalue weighted by atomic mass is 10.1. The second kappa shape index (κ2) is 8.55. The fraction of sp³-hybridized carbons (Fsp3) is 0.250. The molecule has 4 aromatic heterocycles. The molecule has 0 fully saturated rings. The Morgan fingerprint density at radius 1 is 1.03 bits per heavy atom. The van der Waals surface area contributed by atoms with Crippen LogP contribution < -0.4 is 11.1 Å². The predicted octanol–water partition coefficient (Wildman–Crippen LogP) is 5.31. The highest BCUT2D eigenvalue weighted by Gasteiger charge is 2.22. The average molecular weight is 493 g/mol. The normalized spacial score (nSPS) is 13.9. The van der Waals surface area contributed by atoms with Crippen LogP contribution in [0.5, 0.6) is 0 Å². The average Bonchev–Trinajstić information content (AvgIpc) is 3.37. The van der Waals surface area contributed by atoms with Gasteiger partial charge in [0.2, 0.25) is 0 Å². The molecule has 0 unspecified atom stereocenters. The number of nitrogens with one attached hydrogen (secondary N) is 1. The molecule has 0 saturated heterocycles. The van der Waals surface area contributed by atoms with Crippen molar-refractivity contribution in [2.24, 2.45) is 0 Å². The fourth-order valence-corrected chi connectivity index (χ4v) is 7.30. The lowest BCUT2D eigenvalue weighted by Crippen LogP contribution is -2.22. The van der Waals surface area contributed by atoms with E-state index < -0.39 is 0 Å². The van der Waals surface area contributed by atoms with Crippen molar-refractivity contribution in [1.82, 2.24) is 19.5 Å². The maximum Gasteiger partial charge on any atom is 0.268 e. The number of aromatic amines is 1. The van der Waals surface area contributed by atoms with Crippen LogP contribution in [0.1, 0.15) is 35.5 Å². The van der Waals surface area contributed by atoms with E-state index in [1.807, 2.05) is 41.8 Å². The molecular weight excluding hydrogens is 472 g/mol. The number of rotatable bonds is 4. The van der Waals surface area contributed by atoms with Crippen LogP contribution in [0.4, 0.5) is 0 Å². The number of nitrogens with zero attached hydrogens (tertiary/aromatic N) is 3. The molecule has 0 spiro atoms. The molecule has 33 heavy (non-hydrogen) atoms. The number of fused-ring (bicyclic) bond motifs is 4. The Hall–Kier alpha value is -2.75. The first-order valence-corrected chi connectivity index (χ1v) is 13.6. The van der Waals surface area contributed by atoms with E-state index in [1.165, 1.54) is 46.4 Å². The standard InChI is InChI=1S/C24H20N4O2S3/c29-21-20-16(11-12-31-20)25-18(26-21)13-32-24-27-22-19(15-9-5-2-6-10-17(15)33-22)23(30)28(24)14-7-3-1-4-8-14/h1,3-4,7-8,11-12H,2,5-6,9-10,13H2,(H,25,26,29). The third-order valence-corrected chi connectivity index (χ3v) is 8.96. The molecule has 0 atom stereocenters. The summed E-state index contributed by atoms with van der Waals surface area (Å²) in [4.78, 5) is 40.8. The summed E-state index contributed by atoms with van der Waals surface area (Å²) in [5.41, 5.74) is 2.55. The molecule has 1 aliphatic carbocycles. The summed E-state index contributed by atoms with van der Waals surface area (Å²) in [5.74, 6) is 0.989. The fourth-order valence-electron chi connectivity index (χ4n) is 4.39. The van der Waals surface area contributed by atoms with Crippen LogP contribution in [0, 0.1) is 0 Å². The van der Waals surface area contributed by atoms with E-state index in [4.69, 9.17) is 4.98 Å². The maximum absolute atomic E-state index is 13.8. The summed E-state index contributed by atoms with van der Waals surface area (Å²) >= 11 is 4.47. The van der Waals surface area contributed by atoms with Crippen molar-refractivity contribution in [2.45, 2.75) is 43.0 Å². The van der Waals surface area contributed by atoms with Crippen LogP contribution in [0.2, 0.25) is 0 Å². The molecule has 0 amide bonds. The van der Waals surface area contributed by atoms with Gasteiger partial charge < -0.3 is 4.98 Å². The van der Waals surface area contributed by atoms with Crippen molar-refractivity contribution in [1.29, 1.82) is 0 Å². The second-order valence-electron chi connectivity index (χ2n) is 8.05. The van der Waals surface area contributed by atoms with Crippen molar-refractivity contribution in [3.63, 3.8) is 0 Å². The molecular formula is C24H20N4O2S3. The molecule has 0 aliphatic heterocycles. The van der Waals surface area contributed by atoms with Crippen LogP contribution in [-0.4, -0.2) is 19.5 Å². The monoisotopic (exact) mass is 492 g/mol. The van der Waals surface area contributed by atoms with Crippen LogP contribution >= 0.6 is 34.4 Å². The van der Waals surface area contributed by atoms with Crippen molar-refractivity contribution in [3.05, 3.63) is 78.8 Å². The SMILES string of the molecule is O=c1[nH]c(CSc2nc3sc4c(c3c(=O)n2-c2ccccc2)CCCCC4)nc2ccsc12. The van der Waals surface area contributed by atoms with Gasteiger partial charge in [-0.05, 0) is 54.8 Å². The minimum atomic E-state index is -0.128. The van der Waals surface area contributed by atoms with Gasteiger partial charge in [0.05, 0.1) is 22.3 Å². The lowest BCUT2D eigenvalue weighted by molar-refractivity contribution is 0.713. The largest absolute Gasteiger partial charge is 0.309 e. The molecule has 9 heteroatoms. The molecule has 0 radical (unpaired) electrons. The van der Waals surface area contributed by atoms with E-state index >= 15 is 0 Å². The first-order valence-electron chi connectivity index (χ1n) is 10.9. The summed E-state index contributed by atoms with van der Waals surface area (Å²) in [6.45, 7) is 0. The molecule has 6 nitrogen and oxygen atoms in total. The summed E-state index contributed by atoms with van der Waals surface area (Å²) in [6, 6.07) is 11.5. The third kappa shape index (κ3) is 3.74. The van der Waals surface area contributed by atoms with Gasteiger partial charge in [-0.25, -0.2) is 9.97 Å². The molecule has 0 bridgehead atoms. The first kappa shape index (κ1) is 20.8. The maximum atomic E-state index is 13.8. The van der Waals surface area contributed by atoms with Gasteiger partial charge in [-0.3, -0.25) is 14.2 Å². The van der Waals surface area contributed by atoms with E-state index in [2.05, 4.69) is 9.97 Å². The quantitative estimate of drug-likeness (QED) is 0.209. The Labute approximate surface area is 201 Å². The highest BCUT2D eigenvalue weighted by atomic mass is 32.2. The van der Waals surface area contributed by atoms with E-state index in [0.717, 1.165) is 35.2 Å². The van der Waals surface area contributed by atoms with Crippen LogP contribution in [0.3, 0.4) is 0 Å². The van der Waals surface area contributed by atoms with Crippen molar-refractivity contribution >= 4 is 54.9 Å². The molecule has 1 aromatic carbocycles. The van der Waals surface area contributed by atoms with Gasteiger partial charge in [-0.1, -0.05) is 36.4 Å². The van der Waals surface area contributed by atoms with Gasteiger partial charge in [0.1, 0.15) is 15.4 Å². The summed E-state index contributed by atoms with van der Waals surface area (Å²) < 4.78 is 2.34. The van der Waals surface area contributed by atoms with Gasteiger partial charge in [-0.15, -0.1) is 22.7 Å². The Morgan fingerprint density at radius 3 is 2.76 bits per heavy atom. The second-order valence-corrected chi connectivity index (χ2v) is 11.0. The molecule has 1 N–H and O–H groups in total. The zero-order valence-electron chi connectivity index (χ0n) is 17.7. The van der Waals surface area contributed by atoms with Gasteiger partial charge in [0.15, 0.2) is 5.16 Å². The lowest BCUT2D eigenvalue weighted by Gasteiger charge is -2.12. The molecule has 0 saturated carbocycles. The van der Waals surface area contributed by atoms with Crippen molar-refractivity contribution in [3.8, 4) is 5.69 Å². The zero-order valence-corrected chi connectivity index (χ0v) is 20.1. The zero-order chi connectivity index (χ0) is 22.4. The van der Waals surface area contributed by atoms with E-state index in [0.29, 0.717) is 27.0 Å². The van der Waals surface area contributed by atoms with E-state index in [9.17, 15) is 9.59 Å². The number of hydrogen-bond acceptors (Lipinski definition) is 7. The Kier molecular flexibility index (Phi) is 5.40. The number of hydrogen-bond donors (Lipinski definition) is 1. The summed E-state index contributed by atoms with van der Waals surface area (Å²) in [5, 5.41) is 3.26.